The van der Waals surface area contributed by atoms with E-state index in [-0.39, 0.29) is 5.91 Å². The Balaban J connectivity index is 2.08. The highest BCUT2D eigenvalue weighted by atomic mass is 32.2. The van der Waals surface area contributed by atoms with Crippen molar-refractivity contribution in [3.63, 3.8) is 0 Å². The lowest BCUT2D eigenvalue weighted by Crippen LogP contribution is -2.36. The van der Waals surface area contributed by atoms with Crippen LogP contribution in [0.25, 0.3) is 0 Å². The van der Waals surface area contributed by atoms with Gasteiger partial charge in [0.2, 0.25) is 15.9 Å². The number of thiazole rings is 1. The predicted octanol–water partition coefficient (Wildman–Crippen LogP) is 1.45. The molecule has 0 unspecified atom stereocenters. The fourth-order valence-electron chi connectivity index (χ4n) is 2.09. The van der Waals surface area contributed by atoms with Crippen LogP contribution in [-0.2, 0) is 27.8 Å². The maximum Gasteiger partial charge on any atom is 0.231 e. The minimum Gasteiger partial charge on any atom is -0.337 e. The Bertz CT molecular complexity index is 607. The Morgan fingerprint density at radius 3 is 2.80 bits per heavy atom. The summed E-state index contributed by atoms with van der Waals surface area (Å²) in [5.74, 6) is 0.490. The molecule has 2 heterocycles. The van der Waals surface area contributed by atoms with Crippen LogP contribution < -0.4 is 4.72 Å². The number of aromatic nitrogens is 1. The Kier molecular flexibility index (Phi) is 4.33. The van der Waals surface area contributed by atoms with Gasteiger partial charge in [-0.25, -0.2) is 13.4 Å². The summed E-state index contributed by atoms with van der Waals surface area (Å²) in [5, 5.41) is 0.385. The lowest BCUT2D eigenvalue weighted by atomic mass is 10.1. The largest absolute Gasteiger partial charge is 0.337 e. The molecular formula is C12H19N3O3S2. The van der Waals surface area contributed by atoms with E-state index in [0.717, 1.165) is 16.8 Å². The van der Waals surface area contributed by atoms with Crippen molar-refractivity contribution in [3.8, 4) is 0 Å². The molecule has 1 aliphatic heterocycles. The topological polar surface area (TPSA) is 79.4 Å². The molecule has 8 heteroatoms. The van der Waals surface area contributed by atoms with Gasteiger partial charge in [-0.2, -0.15) is 0 Å². The summed E-state index contributed by atoms with van der Waals surface area (Å²) in [6.07, 6.45) is 2.33. The molecular weight excluding hydrogens is 298 g/mol. The molecule has 1 N–H and O–H groups in total. The van der Waals surface area contributed by atoms with Crippen molar-refractivity contribution in [2.75, 3.05) is 17.5 Å². The zero-order valence-corrected chi connectivity index (χ0v) is 13.5. The third kappa shape index (κ3) is 3.92. The van der Waals surface area contributed by atoms with Gasteiger partial charge < -0.3 is 4.90 Å². The monoisotopic (exact) mass is 317 g/mol. The lowest BCUT2D eigenvalue weighted by molar-refractivity contribution is -0.132. The maximum atomic E-state index is 12.1. The first-order chi connectivity index (χ1) is 9.24. The van der Waals surface area contributed by atoms with Crippen LogP contribution in [0.15, 0.2) is 0 Å². The zero-order chi connectivity index (χ0) is 14.9. The average Bonchev–Trinajstić information content (AvgIpc) is 2.65. The Morgan fingerprint density at radius 1 is 1.50 bits per heavy atom. The molecule has 0 aromatic carbocycles. The third-order valence-electron chi connectivity index (χ3n) is 2.94. The van der Waals surface area contributed by atoms with Gasteiger partial charge in [-0.3, -0.25) is 9.52 Å². The molecule has 1 amide bonds. The standard InChI is InChI=1S/C12H19N3O3S2/c1-8(2)6-11(16)15-5-4-9-10(7-15)19-12(13-9)14-20(3,17)18/h8H,4-7H2,1-3H3,(H,13,14). The zero-order valence-electron chi connectivity index (χ0n) is 11.8. The van der Waals surface area contributed by atoms with Crippen molar-refractivity contribution in [1.82, 2.24) is 9.88 Å². The molecule has 6 nitrogen and oxygen atoms in total. The van der Waals surface area contributed by atoms with Gasteiger partial charge in [-0.15, -0.1) is 0 Å². The first kappa shape index (κ1) is 15.2. The fourth-order valence-corrected chi connectivity index (χ4v) is 3.95. The normalized spacial score (nSPS) is 15.3. The molecule has 1 aromatic heterocycles. The summed E-state index contributed by atoms with van der Waals surface area (Å²) >= 11 is 1.31. The number of anilines is 1. The van der Waals surface area contributed by atoms with E-state index < -0.39 is 10.0 Å². The molecule has 0 saturated heterocycles. The molecule has 0 saturated carbocycles. The van der Waals surface area contributed by atoms with Crippen LogP contribution >= 0.6 is 11.3 Å². The first-order valence-electron chi connectivity index (χ1n) is 6.48. The van der Waals surface area contributed by atoms with E-state index in [4.69, 9.17) is 0 Å². The molecule has 0 fully saturated rings. The van der Waals surface area contributed by atoms with E-state index in [1.165, 1.54) is 11.3 Å². The molecule has 1 aromatic rings. The smallest absolute Gasteiger partial charge is 0.231 e. The van der Waals surface area contributed by atoms with Gasteiger partial charge >= 0.3 is 0 Å². The number of hydrogen-bond acceptors (Lipinski definition) is 5. The number of rotatable bonds is 4. The Morgan fingerprint density at radius 2 is 2.20 bits per heavy atom. The summed E-state index contributed by atoms with van der Waals surface area (Å²) in [5.41, 5.74) is 0.898. The number of nitrogens with one attached hydrogen (secondary N) is 1. The number of sulfonamides is 1. The van der Waals surface area contributed by atoms with E-state index in [1.54, 1.807) is 0 Å². The van der Waals surface area contributed by atoms with E-state index in [2.05, 4.69) is 9.71 Å². The molecule has 1 aliphatic rings. The van der Waals surface area contributed by atoms with Crippen LogP contribution in [0.1, 0.15) is 30.8 Å². The third-order valence-corrected chi connectivity index (χ3v) is 4.63. The van der Waals surface area contributed by atoms with E-state index >= 15 is 0 Å². The highest BCUT2D eigenvalue weighted by Crippen LogP contribution is 2.29. The van der Waals surface area contributed by atoms with Crippen molar-refractivity contribution in [2.24, 2.45) is 5.92 Å². The van der Waals surface area contributed by atoms with Gasteiger partial charge in [-0.05, 0) is 5.92 Å². The quantitative estimate of drug-likeness (QED) is 0.911. The van der Waals surface area contributed by atoms with Crippen LogP contribution in [0.4, 0.5) is 5.13 Å². The van der Waals surface area contributed by atoms with E-state index in [1.807, 2.05) is 18.7 Å². The highest BCUT2D eigenvalue weighted by molar-refractivity contribution is 7.92. The van der Waals surface area contributed by atoms with Crippen LogP contribution in [0, 0.1) is 5.92 Å². The molecule has 0 bridgehead atoms. The average molecular weight is 317 g/mol. The molecule has 0 spiro atoms. The van der Waals surface area contributed by atoms with Crippen molar-refractivity contribution >= 4 is 32.4 Å². The van der Waals surface area contributed by atoms with Gasteiger partial charge in [0.1, 0.15) is 0 Å². The van der Waals surface area contributed by atoms with Crippen molar-refractivity contribution in [2.45, 2.75) is 33.2 Å². The molecule has 112 valence electrons. The second-order valence-electron chi connectivity index (χ2n) is 5.43. The molecule has 0 aliphatic carbocycles. The SMILES string of the molecule is CC(C)CC(=O)N1CCc2nc(NS(C)(=O)=O)sc2C1. The fraction of sp³-hybridized carbons (Fsp3) is 0.667. The second kappa shape index (κ2) is 5.69. The van der Waals surface area contributed by atoms with Crippen molar-refractivity contribution in [1.29, 1.82) is 0 Å². The van der Waals surface area contributed by atoms with Crippen LogP contribution in [0.3, 0.4) is 0 Å². The Labute approximate surface area is 123 Å². The lowest BCUT2D eigenvalue weighted by Gasteiger charge is -2.26. The number of amides is 1. The maximum absolute atomic E-state index is 12.1. The first-order valence-corrected chi connectivity index (χ1v) is 9.19. The van der Waals surface area contributed by atoms with E-state index in [9.17, 15) is 13.2 Å². The Hall–Kier alpha value is -1.15. The molecule has 0 atom stereocenters. The summed E-state index contributed by atoms with van der Waals surface area (Å²) < 4.78 is 24.8. The van der Waals surface area contributed by atoms with Gasteiger partial charge in [0, 0.05) is 24.3 Å². The van der Waals surface area contributed by atoms with Crippen LogP contribution in [-0.4, -0.2) is 37.0 Å². The van der Waals surface area contributed by atoms with Gasteiger partial charge in [0.15, 0.2) is 5.13 Å². The number of carbonyl (C=O) groups is 1. The molecule has 2 rings (SSSR count). The number of nitrogens with zero attached hydrogens (tertiary/aromatic N) is 2. The van der Waals surface area contributed by atoms with Gasteiger partial charge in [-0.1, -0.05) is 25.2 Å². The summed E-state index contributed by atoms with van der Waals surface area (Å²) in [6, 6.07) is 0. The van der Waals surface area contributed by atoms with Crippen LogP contribution in [0.2, 0.25) is 0 Å². The number of hydrogen-bond donors (Lipinski definition) is 1. The molecule has 0 radical (unpaired) electrons. The van der Waals surface area contributed by atoms with Crippen LogP contribution in [0.5, 0.6) is 0 Å². The summed E-state index contributed by atoms with van der Waals surface area (Å²) in [4.78, 5) is 19.1. The second-order valence-corrected chi connectivity index (χ2v) is 8.26. The highest BCUT2D eigenvalue weighted by Gasteiger charge is 2.24. The van der Waals surface area contributed by atoms with Gasteiger partial charge in [0.25, 0.3) is 0 Å². The summed E-state index contributed by atoms with van der Waals surface area (Å²) in [6.45, 7) is 5.23. The minimum atomic E-state index is -3.31. The summed E-state index contributed by atoms with van der Waals surface area (Å²) in [7, 11) is -3.31. The number of fused-ring (bicyclic) bond motifs is 1. The van der Waals surface area contributed by atoms with E-state index in [0.29, 0.717) is 37.0 Å². The predicted molar refractivity (Wildman–Crippen MR) is 79.2 cm³/mol. The number of carbonyl (C=O) groups excluding carboxylic acids is 1. The molecule has 20 heavy (non-hydrogen) atoms. The van der Waals surface area contributed by atoms with Gasteiger partial charge in [0.05, 0.1) is 18.5 Å². The van der Waals surface area contributed by atoms with Crippen molar-refractivity contribution in [3.05, 3.63) is 10.6 Å². The van der Waals surface area contributed by atoms with Crippen molar-refractivity contribution < 1.29 is 13.2 Å². The minimum absolute atomic E-state index is 0.150.